The number of nitrogens with one attached hydrogen (secondary N) is 2. The van der Waals surface area contributed by atoms with Crippen LogP contribution in [-0.2, 0) is 4.79 Å². The second-order valence-electron chi connectivity index (χ2n) is 9.38. The summed E-state index contributed by atoms with van der Waals surface area (Å²) in [7, 11) is 0. The van der Waals surface area contributed by atoms with Gasteiger partial charge >= 0.3 is 0 Å². The molecule has 0 aliphatic carbocycles. The molecule has 9 nitrogen and oxygen atoms in total. The highest BCUT2D eigenvalue weighted by molar-refractivity contribution is 6.30. The highest BCUT2D eigenvalue weighted by Gasteiger charge is 2.24. The van der Waals surface area contributed by atoms with Crippen molar-refractivity contribution >= 4 is 45.8 Å². The quantitative estimate of drug-likeness (QED) is 0.299. The van der Waals surface area contributed by atoms with Crippen molar-refractivity contribution in [3.05, 3.63) is 77.3 Å². The van der Waals surface area contributed by atoms with Crippen molar-refractivity contribution in [2.75, 3.05) is 49.5 Å². The van der Waals surface area contributed by atoms with E-state index >= 15 is 0 Å². The predicted octanol–water partition coefficient (Wildman–Crippen LogP) is 4.17. The number of carbonyl (C=O) groups is 2. The molecule has 1 fully saturated rings. The molecule has 0 radical (unpaired) electrons. The Morgan fingerprint density at radius 1 is 0.897 bits per heavy atom. The molecule has 0 atom stereocenters. The molecule has 200 valence electrons. The second-order valence-corrected chi connectivity index (χ2v) is 9.81. The van der Waals surface area contributed by atoms with E-state index in [1.54, 1.807) is 30.3 Å². The third-order valence-corrected chi connectivity index (χ3v) is 6.83. The smallest absolute Gasteiger partial charge is 0.253 e. The molecule has 39 heavy (non-hydrogen) atoms. The Morgan fingerprint density at radius 3 is 2.36 bits per heavy atom. The minimum absolute atomic E-state index is 0.0190. The van der Waals surface area contributed by atoms with Gasteiger partial charge in [-0.25, -0.2) is 9.97 Å². The van der Waals surface area contributed by atoms with Crippen molar-refractivity contribution < 1.29 is 14.7 Å². The van der Waals surface area contributed by atoms with E-state index in [4.69, 9.17) is 16.6 Å². The Hall–Kier alpha value is -4.37. The first-order valence-electron chi connectivity index (χ1n) is 12.8. The van der Waals surface area contributed by atoms with Crippen molar-refractivity contribution in [1.29, 1.82) is 0 Å². The standard InChI is InChI=1S/C29H29ClN6O3/c1-19(37)31-10-11-32-26-18-27(34-28(33-26)20-4-7-24(30)8-5-20)35-12-14-36(15-13-35)29(39)23-3-2-22-17-25(38)9-6-21(22)16-23/h2-9,16-18,38H,10-15H2,1H3,(H,31,37)(H,32,33,34). The molecule has 3 N–H and O–H groups in total. The summed E-state index contributed by atoms with van der Waals surface area (Å²) >= 11 is 6.07. The average Bonchev–Trinajstić information content (AvgIpc) is 2.95. The Morgan fingerprint density at radius 2 is 1.62 bits per heavy atom. The fourth-order valence-electron chi connectivity index (χ4n) is 4.53. The van der Waals surface area contributed by atoms with Gasteiger partial charge in [0, 0.05) is 68.4 Å². The number of fused-ring (bicyclic) bond motifs is 1. The van der Waals surface area contributed by atoms with Crippen LogP contribution in [0.3, 0.4) is 0 Å². The molecule has 1 aliphatic heterocycles. The van der Waals surface area contributed by atoms with Gasteiger partial charge in [0.05, 0.1) is 0 Å². The normalized spacial score (nSPS) is 13.4. The van der Waals surface area contributed by atoms with Crippen molar-refractivity contribution in [2.24, 2.45) is 0 Å². The van der Waals surface area contributed by atoms with Gasteiger partial charge < -0.3 is 25.5 Å². The number of rotatable bonds is 7. The molecule has 1 aromatic heterocycles. The lowest BCUT2D eigenvalue weighted by atomic mass is 10.1. The number of benzene rings is 3. The van der Waals surface area contributed by atoms with Crippen molar-refractivity contribution in [1.82, 2.24) is 20.2 Å². The first-order chi connectivity index (χ1) is 18.9. The number of aromatic hydroxyl groups is 1. The number of carbonyl (C=O) groups excluding carboxylic acids is 2. The molecule has 5 rings (SSSR count). The number of phenolic OH excluding ortho intramolecular Hbond substituents is 1. The van der Waals surface area contributed by atoms with E-state index in [9.17, 15) is 14.7 Å². The van der Waals surface area contributed by atoms with Gasteiger partial charge in [0.25, 0.3) is 5.91 Å². The van der Waals surface area contributed by atoms with Crippen LogP contribution >= 0.6 is 11.6 Å². The number of aromatic nitrogens is 2. The lowest BCUT2D eigenvalue weighted by Crippen LogP contribution is -2.49. The summed E-state index contributed by atoms with van der Waals surface area (Å²) in [5.41, 5.74) is 1.46. The highest BCUT2D eigenvalue weighted by atomic mass is 35.5. The minimum Gasteiger partial charge on any atom is -0.508 e. The average molecular weight is 545 g/mol. The number of piperazine rings is 1. The van der Waals surface area contributed by atoms with E-state index in [0.29, 0.717) is 61.5 Å². The Balaban J connectivity index is 1.31. The van der Waals surface area contributed by atoms with Gasteiger partial charge in [0.1, 0.15) is 17.4 Å². The summed E-state index contributed by atoms with van der Waals surface area (Å²) in [6.07, 6.45) is 0. The maximum atomic E-state index is 13.3. The van der Waals surface area contributed by atoms with E-state index < -0.39 is 0 Å². The number of amides is 2. The van der Waals surface area contributed by atoms with Crippen molar-refractivity contribution in [3.63, 3.8) is 0 Å². The molecule has 1 aliphatic rings. The van der Waals surface area contributed by atoms with E-state index in [1.807, 2.05) is 41.3 Å². The molecule has 2 amide bonds. The highest BCUT2D eigenvalue weighted by Crippen LogP contribution is 2.26. The zero-order valence-corrected chi connectivity index (χ0v) is 22.3. The lowest BCUT2D eigenvalue weighted by molar-refractivity contribution is -0.118. The van der Waals surface area contributed by atoms with Gasteiger partial charge in [-0.15, -0.1) is 0 Å². The molecule has 0 spiro atoms. The molecule has 0 unspecified atom stereocenters. The fourth-order valence-corrected chi connectivity index (χ4v) is 4.66. The summed E-state index contributed by atoms with van der Waals surface area (Å²) < 4.78 is 0. The summed E-state index contributed by atoms with van der Waals surface area (Å²) in [6.45, 7) is 4.82. The third kappa shape index (κ3) is 6.38. The molecular weight excluding hydrogens is 516 g/mol. The number of anilines is 2. The number of hydrogen-bond acceptors (Lipinski definition) is 7. The van der Waals surface area contributed by atoms with Crippen LogP contribution in [0.25, 0.3) is 22.2 Å². The van der Waals surface area contributed by atoms with Crippen LogP contribution in [0.2, 0.25) is 5.02 Å². The topological polar surface area (TPSA) is 111 Å². The van der Waals surface area contributed by atoms with Gasteiger partial charge in [-0.3, -0.25) is 9.59 Å². The summed E-state index contributed by atoms with van der Waals surface area (Å²) in [6, 6.07) is 19.9. The molecule has 0 bridgehead atoms. The van der Waals surface area contributed by atoms with Crippen LogP contribution < -0.4 is 15.5 Å². The Labute approximate surface area is 231 Å². The van der Waals surface area contributed by atoms with Crippen molar-refractivity contribution in [2.45, 2.75) is 6.92 Å². The maximum absolute atomic E-state index is 13.3. The molecule has 0 saturated carbocycles. The monoisotopic (exact) mass is 544 g/mol. The maximum Gasteiger partial charge on any atom is 0.253 e. The Bertz CT molecular complexity index is 1500. The van der Waals surface area contributed by atoms with Gasteiger partial charge in [0.15, 0.2) is 5.82 Å². The largest absolute Gasteiger partial charge is 0.508 e. The van der Waals surface area contributed by atoms with Crippen LogP contribution in [0, 0.1) is 0 Å². The molecule has 10 heteroatoms. The van der Waals surface area contributed by atoms with Crippen LogP contribution in [0.1, 0.15) is 17.3 Å². The Kier molecular flexibility index (Phi) is 7.79. The summed E-state index contributed by atoms with van der Waals surface area (Å²) in [4.78, 5) is 37.9. The second kappa shape index (κ2) is 11.6. The fraction of sp³-hybridized carbons (Fsp3) is 0.241. The van der Waals surface area contributed by atoms with Gasteiger partial charge in [-0.2, -0.15) is 0 Å². The lowest BCUT2D eigenvalue weighted by Gasteiger charge is -2.35. The SMILES string of the molecule is CC(=O)NCCNc1cc(N2CCN(C(=O)c3ccc4cc(O)ccc4c3)CC2)nc(-c2ccc(Cl)cc2)n1. The van der Waals surface area contributed by atoms with Gasteiger partial charge in [-0.05, 0) is 59.3 Å². The summed E-state index contributed by atoms with van der Waals surface area (Å²) in [5.74, 6) is 2.07. The number of hydrogen-bond donors (Lipinski definition) is 3. The molecule has 1 saturated heterocycles. The van der Waals surface area contributed by atoms with E-state index in [1.165, 1.54) is 6.92 Å². The first kappa shape index (κ1) is 26.2. The first-order valence-corrected chi connectivity index (χ1v) is 13.1. The zero-order valence-electron chi connectivity index (χ0n) is 21.5. The minimum atomic E-state index is -0.0857. The van der Waals surface area contributed by atoms with Crippen LogP contribution in [0.5, 0.6) is 5.75 Å². The number of nitrogens with zero attached hydrogens (tertiary/aromatic N) is 4. The molecule has 3 aromatic carbocycles. The molecule has 4 aromatic rings. The van der Waals surface area contributed by atoms with Crippen LogP contribution in [0.15, 0.2) is 66.7 Å². The van der Waals surface area contributed by atoms with Gasteiger partial charge in [0.2, 0.25) is 5.91 Å². The number of halogens is 1. The van der Waals surface area contributed by atoms with Crippen LogP contribution in [0.4, 0.5) is 11.6 Å². The third-order valence-electron chi connectivity index (χ3n) is 6.58. The van der Waals surface area contributed by atoms with E-state index in [0.717, 1.165) is 22.2 Å². The van der Waals surface area contributed by atoms with Crippen molar-refractivity contribution in [3.8, 4) is 17.1 Å². The zero-order chi connectivity index (χ0) is 27.4. The van der Waals surface area contributed by atoms with E-state index in [-0.39, 0.29) is 17.6 Å². The molecular formula is C29H29ClN6O3. The van der Waals surface area contributed by atoms with Crippen LogP contribution in [-0.4, -0.2) is 71.1 Å². The van der Waals surface area contributed by atoms with E-state index in [2.05, 4.69) is 20.5 Å². The summed E-state index contributed by atoms with van der Waals surface area (Å²) in [5, 5.41) is 18.2. The predicted molar refractivity (Wildman–Crippen MR) is 153 cm³/mol. The van der Waals surface area contributed by atoms with Gasteiger partial charge in [-0.1, -0.05) is 23.7 Å². The molecule has 2 heterocycles. The number of phenols is 1.